The first-order chi connectivity index (χ1) is 29.0. The maximum Gasteiger partial charge on any atom is 0.408 e. The molecule has 14 heteroatoms. The quantitative estimate of drug-likeness (QED) is 0.0737. The van der Waals surface area contributed by atoms with Crippen LogP contribution >= 0.6 is 0 Å². The molecule has 2 aliphatic heterocycles. The molecule has 0 saturated carbocycles. The van der Waals surface area contributed by atoms with E-state index in [0.717, 1.165) is 11.1 Å². The Morgan fingerprint density at radius 3 is 2.05 bits per heavy atom. The Balaban J connectivity index is 1.60. The van der Waals surface area contributed by atoms with Crippen LogP contribution in [0.4, 0.5) is 9.59 Å². The summed E-state index contributed by atoms with van der Waals surface area (Å²) >= 11 is 0. The average molecular weight is 862 g/mol. The van der Waals surface area contributed by atoms with Gasteiger partial charge in [0.05, 0.1) is 12.0 Å². The highest BCUT2D eigenvalue weighted by molar-refractivity contribution is 5.93. The Kier molecular flexibility index (Phi) is 17.2. The lowest BCUT2D eigenvalue weighted by Crippen LogP contribution is -2.69. The van der Waals surface area contributed by atoms with Gasteiger partial charge in [-0.15, -0.1) is 0 Å². The number of hydrogen-bond donors (Lipinski definition) is 5. The number of piperidine rings is 1. The Hall–Kier alpha value is -4.95. The van der Waals surface area contributed by atoms with Crippen LogP contribution in [-0.4, -0.2) is 97.6 Å². The first kappa shape index (κ1) is 49.7. The molecular formula is C48H71N5O9. The van der Waals surface area contributed by atoms with E-state index in [1.54, 1.807) is 31.7 Å². The fraction of sp³-hybridized carbons (Fsp3) is 0.604. The number of alkyl carbamates (subject to hydrolysis) is 2. The number of carbonyl (C=O) groups is 5. The summed E-state index contributed by atoms with van der Waals surface area (Å²) in [5.41, 5.74) is -2.44. The van der Waals surface area contributed by atoms with E-state index in [9.17, 15) is 34.3 Å². The number of benzene rings is 2. The molecule has 342 valence electrons. The maximum absolute atomic E-state index is 14.7. The van der Waals surface area contributed by atoms with Gasteiger partial charge in [0.15, 0.2) is 0 Å². The highest BCUT2D eigenvalue weighted by atomic mass is 16.6. The Bertz CT molecular complexity index is 1830. The third-order valence-electron chi connectivity index (χ3n) is 11.8. The van der Waals surface area contributed by atoms with Gasteiger partial charge < -0.3 is 40.6 Å². The maximum atomic E-state index is 14.7. The van der Waals surface area contributed by atoms with Crippen molar-refractivity contribution in [2.24, 2.45) is 17.8 Å². The third-order valence-corrected chi connectivity index (χ3v) is 11.8. The minimum Gasteiger partial charge on any atom is -0.479 e. The number of aliphatic carboxylic acids is 1. The number of ether oxygens (including phenoxy) is 2. The smallest absolute Gasteiger partial charge is 0.408 e. The van der Waals surface area contributed by atoms with Crippen molar-refractivity contribution >= 4 is 30.0 Å². The van der Waals surface area contributed by atoms with Gasteiger partial charge in [-0.1, -0.05) is 86.7 Å². The summed E-state index contributed by atoms with van der Waals surface area (Å²) in [6.07, 6.45) is 4.90. The normalized spacial score (nSPS) is 19.9. The van der Waals surface area contributed by atoms with E-state index in [0.29, 0.717) is 32.2 Å². The number of likely N-dealkylation sites (tertiary alicyclic amines) is 1. The van der Waals surface area contributed by atoms with Gasteiger partial charge in [-0.2, -0.15) is 5.06 Å². The molecule has 0 bridgehead atoms. The van der Waals surface area contributed by atoms with Crippen LogP contribution in [-0.2, 0) is 36.9 Å². The molecule has 4 rings (SSSR count). The van der Waals surface area contributed by atoms with E-state index >= 15 is 0 Å². The van der Waals surface area contributed by atoms with Crippen molar-refractivity contribution in [1.82, 2.24) is 25.9 Å². The van der Waals surface area contributed by atoms with E-state index in [1.165, 1.54) is 5.06 Å². The molecule has 4 atom stereocenters. The number of nitrogens with one attached hydrogen (secondary N) is 3. The predicted octanol–water partition coefficient (Wildman–Crippen LogP) is 7.64. The van der Waals surface area contributed by atoms with Crippen molar-refractivity contribution in [2.45, 2.75) is 155 Å². The number of rotatable bonds is 18. The molecule has 2 aromatic rings. The van der Waals surface area contributed by atoms with Crippen LogP contribution in [0.15, 0.2) is 72.8 Å². The zero-order valence-corrected chi connectivity index (χ0v) is 38.2. The molecule has 0 aromatic heterocycles. The third kappa shape index (κ3) is 14.0. The molecule has 2 heterocycles. The van der Waals surface area contributed by atoms with Gasteiger partial charge in [-0.25, -0.2) is 14.4 Å². The van der Waals surface area contributed by atoms with Crippen LogP contribution < -0.4 is 16.0 Å². The molecule has 2 saturated heterocycles. The Morgan fingerprint density at radius 1 is 0.887 bits per heavy atom. The van der Waals surface area contributed by atoms with Gasteiger partial charge in [0.2, 0.25) is 11.8 Å². The lowest BCUT2D eigenvalue weighted by atomic mass is 9.65. The van der Waals surface area contributed by atoms with Crippen LogP contribution in [0.5, 0.6) is 0 Å². The van der Waals surface area contributed by atoms with Crippen molar-refractivity contribution < 1.29 is 43.8 Å². The van der Waals surface area contributed by atoms with Gasteiger partial charge in [-0.05, 0) is 123 Å². The molecule has 62 heavy (non-hydrogen) atoms. The van der Waals surface area contributed by atoms with E-state index < -0.39 is 70.2 Å². The number of hydroxylamine groups is 2. The molecule has 4 amide bonds. The van der Waals surface area contributed by atoms with Crippen LogP contribution in [0.1, 0.15) is 118 Å². The molecule has 0 radical (unpaired) electrons. The highest BCUT2D eigenvalue weighted by Crippen LogP contribution is 2.46. The van der Waals surface area contributed by atoms with Crippen LogP contribution in [0.2, 0.25) is 0 Å². The number of nitrogens with zero attached hydrogens (tertiary/aromatic N) is 2. The molecule has 2 aliphatic rings. The molecular weight excluding hydrogens is 791 g/mol. The topological polar surface area (TPSA) is 187 Å². The van der Waals surface area contributed by atoms with Gasteiger partial charge in [-0.3, -0.25) is 9.59 Å². The summed E-state index contributed by atoms with van der Waals surface area (Å²) in [6, 6.07) is 17.4. The van der Waals surface area contributed by atoms with E-state index in [1.807, 2.05) is 108 Å². The second-order valence-electron chi connectivity index (χ2n) is 19.7. The lowest BCUT2D eigenvalue weighted by molar-refractivity contribution is -0.256. The summed E-state index contributed by atoms with van der Waals surface area (Å²) in [4.78, 5) is 70.1. The molecule has 2 aromatic carbocycles. The van der Waals surface area contributed by atoms with E-state index in [-0.39, 0.29) is 50.7 Å². The summed E-state index contributed by atoms with van der Waals surface area (Å²) in [7, 11) is 0. The fourth-order valence-corrected chi connectivity index (χ4v) is 9.00. The SMILES string of the molecule is CC(C)C[C@@H](/C=C/[C@H](Cc1ccccc1)C(=O)N1CCC[C@H]1C(=O)N[C@](CCCNC(=O)OCc1ccccc1)(C(=O)O)C1CC(C)(C)N(O)C(C)(C)C1)NC(=O)OC(C)(C)C. The van der Waals surface area contributed by atoms with Gasteiger partial charge in [0.25, 0.3) is 0 Å². The number of carboxylic acids is 1. The lowest BCUT2D eigenvalue weighted by Gasteiger charge is -2.55. The van der Waals surface area contributed by atoms with Crippen molar-refractivity contribution in [3.05, 3.63) is 83.9 Å². The van der Waals surface area contributed by atoms with Crippen LogP contribution in [0.3, 0.4) is 0 Å². The number of hydrogen-bond acceptors (Lipinski definition) is 9. The second-order valence-corrected chi connectivity index (χ2v) is 19.7. The fourth-order valence-electron chi connectivity index (χ4n) is 9.00. The number of amides is 4. The van der Waals surface area contributed by atoms with E-state index in [2.05, 4.69) is 16.0 Å². The monoisotopic (exact) mass is 862 g/mol. The Morgan fingerprint density at radius 2 is 1.48 bits per heavy atom. The molecule has 0 aliphatic carbocycles. The summed E-state index contributed by atoms with van der Waals surface area (Å²) in [6.45, 7) is 17.3. The summed E-state index contributed by atoms with van der Waals surface area (Å²) < 4.78 is 10.9. The van der Waals surface area contributed by atoms with Crippen molar-refractivity contribution in [2.75, 3.05) is 13.1 Å². The predicted molar refractivity (Wildman–Crippen MR) is 237 cm³/mol. The molecule has 0 spiro atoms. The van der Waals surface area contributed by atoms with Gasteiger partial charge in [0, 0.05) is 24.2 Å². The number of carboxylic acid groups (broad SMARTS) is 1. The van der Waals surface area contributed by atoms with Crippen molar-refractivity contribution in [1.29, 1.82) is 0 Å². The molecule has 14 nitrogen and oxygen atoms in total. The Labute approximate surface area is 368 Å². The van der Waals surface area contributed by atoms with Crippen LogP contribution in [0, 0.1) is 17.8 Å². The molecule has 0 unspecified atom stereocenters. The van der Waals surface area contributed by atoms with Crippen molar-refractivity contribution in [3.8, 4) is 0 Å². The summed E-state index contributed by atoms with van der Waals surface area (Å²) in [5, 5.41) is 32.3. The molecule has 2 fully saturated rings. The highest BCUT2D eigenvalue weighted by Gasteiger charge is 2.56. The van der Waals surface area contributed by atoms with E-state index in [4.69, 9.17) is 9.47 Å². The first-order valence-corrected chi connectivity index (χ1v) is 22.0. The molecule has 5 N–H and O–H groups in total. The second kappa shape index (κ2) is 21.4. The van der Waals surface area contributed by atoms with Crippen molar-refractivity contribution in [3.63, 3.8) is 0 Å². The van der Waals surface area contributed by atoms with Crippen LogP contribution in [0.25, 0.3) is 0 Å². The zero-order valence-electron chi connectivity index (χ0n) is 38.2. The standard InChI is InChI=1S/C48H71N5O9/c1-33(2)28-38(50-44(59)62-45(3,4)5)24-23-36(29-34-18-12-10-13-19-34)41(55)52-27-16-22-39(52)40(54)51-48(42(56)57,37-30-46(6,7)53(60)47(8,9)31-37)25-17-26-49-43(58)61-32-35-20-14-11-15-21-35/h10-15,18-21,23-24,33,36-39,60H,16-17,22,25-32H2,1-9H3,(H,49,58)(H,50,59)(H,51,54)(H,56,57)/b24-23+/t36-,38-,39+,48+/m1/s1. The van der Waals surface area contributed by atoms with Gasteiger partial charge >= 0.3 is 18.2 Å². The average Bonchev–Trinajstić information content (AvgIpc) is 3.68. The largest absolute Gasteiger partial charge is 0.479 e. The minimum atomic E-state index is -1.81. The summed E-state index contributed by atoms with van der Waals surface area (Å²) in [5.74, 6) is -3.19. The zero-order chi connectivity index (χ0) is 45.9. The first-order valence-electron chi connectivity index (χ1n) is 22.0. The van der Waals surface area contributed by atoms with Gasteiger partial charge in [0.1, 0.15) is 23.8 Å². The number of carbonyl (C=O) groups excluding carboxylic acids is 4. The minimum absolute atomic E-state index is 0.0305.